The van der Waals surface area contributed by atoms with Crippen molar-refractivity contribution in [1.29, 1.82) is 0 Å². The van der Waals surface area contributed by atoms with Crippen LogP contribution in [0.25, 0.3) is 0 Å². The van der Waals surface area contributed by atoms with E-state index in [1.807, 2.05) is 0 Å². The fourth-order valence-corrected chi connectivity index (χ4v) is 1.55. The number of hydrogen-bond acceptors (Lipinski definition) is 4. The standard InChI is InChI=1S/C9H14BrN3O/c1-3-13(5-4-10)8-6-11-7-9(12-8)14-2/h6-7H,3-5H2,1-2H3. The molecule has 0 aliphatic heterocycles. The first-order valence-corrected chi connectivity index (χ1v) is 5.61. The minimum absolute atomic E-state index is 0.551. The van der Waals surface area contributed by atoms with Crippen LogP contribution in [0.5, 0.6) is 5.88 Å². The number of rotatable bonds is 5. The zero-order valence-corrected chi connectivity index (χ0v) is 9.99. The predicted octanol–water partition coefficient (Wildman–Crippen LogP) is 1.71. The number of methoxy groups -OCH3 is 1. The van der Waals surface area contributed by atoms with E-state index in [9.17, 15) is 0 Å². The molecule has 0 fully saturated rings. The molecule has 0 atom stereocenters. The molecule has 0 radical (unpaired) electrons. The van der Waals surface area contributed by atoms with E-state index in [0.29, 0.717) is 5.88 Å². The maximum absolute atomic E-state index is 5.02. The molecule has 0 aliphatic rings. The van der Waals surface area contributed by atoms with E-state index in [0.717, 1.165) is 24.2 Å². The molecule has 0 spiro atoms. The third-order valence-electron chi connectivity index (χ3n) is 1.87. The van der Waals surface area contributed by atoms with Gasteiger partial charge in [0.05, 0.1) is 19.5 Å². The highest BCUT2D eigenvalue weighted by Crippen LogP contribution is 2.13. The quantitative estimate of drug-likeness (QED) is 0.755. The molecule has 78 valence electrons. The van der Waals surface area contributed by atoms with Gasteiger partial charge >= 0.3 is 0 Å². The molecule has 0 bridgehead atoms. The summed E-state index contributed by atoms with van der Waals surface area (Å²) in [5, 5.41) is 0.916. The lowest BCUT2D eigenvalue weighted by atomic mass is 10.5. The van der Waals surface area contributed by atoms with Crippen LogP contribution in [0, 0.1) is 0 Å². The molecule has 1 heterocycles. The fourth-order valence-electron chi connectivity index (χ4n) is 1.13. The summed E-state index contributed by atoms with van der Waals surface area (Å²) in [6.45, 7) is 3.91. The van der Waals surface area contributed by atoms with Gasteiger partial charge in [0.1, 0.15) is 0 Å². The van der Waals surface area contributed by atoms with Crippen molar-refractivity contribution in [3.05, 3.63) is 12.4 Å². The zero-order chi connectivity index (χ0) is 10.4. The van der Waals surface area contributed by atoms with Crippen LogP contribution in [-0.2, 0) is 0 Å². The molecular formula is C9H14BrN3O. The van der Waals surface area contributed by atoms with E-state index in [1.54, 1.807) is 19.5 Å². The Hall–Kier alpha value is -0.840. The Kier molecular flexibility index (Phi) is 4.65. The second-order valence-corrected chi connectivity index (χ2v) is 3.48. The summed E-state index contributed by atoms with van der Waals surface area (Å²) in [6, 6.07) is 0. The van der Waals surface area contributed by atoms with Crippen molar-refractivity contribution in [2.45, 2.75) is 6.92 Å². The number of nitrogens with zero attached hydrogens (tertiary/aromatic N) is 3. The third kappa shape index (κ3) is 2.83. The van der Waals surface area contributed by atoms with E-state index in [2.05, 4.69) is 37.7 Å². The Morgan fingerprint density at radius 2 is 2.29 bits per heavy atom. The molecule has 0 saturated carbocycles. The molecule has 1 rings (SSSR count). The molecule has 0 unspecified atom stereocenters. The van der Waals surface area contributed by atoms with Crippen molar-refractivity contribution in [3.8, 4) is 5.88 Å². The molecule has 5 heteroatoms. The summed E-state index contributed by atoms with van der Waals surface area (Å²) in [4.78, 5) is 10.5. The van der Waals surface area contributed by atoms with Crippen LogP contribution >= 0.6 is 15.9 Å². The Bertz CT molecular complexity index is 283. The Morgan fingerprint density at radius 1 is 1.50 bits per heavy atom. The lowest BCUT2D eigenvalue weighted by molar-refractivity contribution is 0.395. The summed E-state index contributed by atoms with van der Waals surface area (Å²) in [6.07, 6.45) is 3.35. The number of hydrogen-bond donors (Lipinski definition) is 0. The third-order valence-corrected chi connectivity index (χ3v) is 2.22. The van der Waals surface area contributed by atoms with Gasteiger partial charge in [0.2, 0.25) is 5.88 Å². The van der Waals surface area contributed by atoms with Gasteiger partial charge in [-0.25, -0.2) is 0 Å². The minimum Gasteiger partial charge on any atom is -0.480 e. The normalized spacial score (nSPS) is 9.93. The van der Waals surface area contributed by atoms with E-state index in [1.165, 1.54) is 0 Å². The first-order chi connectivity index (χ1) is 6.81. The summed E-state index contributed by atoms with van der Waals surface area (Å²) >= 11 is 3.40. The maximum atomic E-state index is 5.02. The molecule has 4 nitrogen and oxygen atoms in total. The molecule has 0 aliphatic carbocycles. The Labute approximate surface area is 92.4 Å². The molecule has 14 heavy (non-hydrogen) atoms. The summed E-state index contributed by atoms with van der Waals surface area (Å²) in [5.41, 5.74) is 0. The topological polar surface area (TPSA) is 38.2 Å². The number of aromatic nitrogens is 2. The SMILES string of the molecule is CCN(CCBr)c1cncc(OC)n1. The Balaban J connectivity index is 2.80. The van der Waals surface area contributed by atoms with Crippen LogP contribution in [-0.4, -0.2) is 35.5 Å². The summed E-state index contributed by atoms with van der Waals surface area (Å²) in [5.74, 6) is 1.40. The van der Waals surface area contributed by atoms with Gasteiger partial charge in [-0.2, -0.15) is 4.98 Å². The smallest absolute Gasteiger partial charge is 0.233 e. The molecule has 1 aromatic heterocycles. The first-order valence-electron chi connectivity index (χ1n) is 4.48. The average molecular weight is 260 g/mol. The highest BCUT2D eigenvalue weighted by Gasteiger charge is 2.06. The predicted molar refractivity (Wildman–Crippen MR) is 60.3 cm³/mol. The van der Waals surface area contributed by atoms with Gasteiger partial charge in [0, 0.05) is 18.4 Å². The van der Waals surface area contributed by atoms with Crippen molar-refractivity contribution >= 4 is 21.7 Å². The fraction of sp³-hybridized carbons (Fsp3) is 0.556. The van der Waals surface area contributed by atoms with Gasteiger partial charge in [0.15, 0.2) is 5.82 Å². The van der Waals surface area contributed by atoms with Crippen molar-refractivity contribution in [3.63, 3.8) is 0 Å². The minimum atomic E-state index is 0.551. The molecule has 0 amide bonds. The molecule has 1 aromatic rings. The Morgan fingerprint density at radius 3 is 2.86 bits per heavy atom. The average Bonchev–Trinajstić information content (AvgIpc) is 2.26. The highest BCUT2D eigenvalue weighted by atomic mass is 79.9. The monoisotopic (exact) mass is 259 g/mol. The van der Waals surface area contributed by atoms with Crippen LogP contribution in [0.2, 0.25) is 0 Å². The number of halogens is 1. The number of alkyl halides is 1. The van der Waals surface area contributed by atoms with Crippen LogP contribution in [0.1, 0.15) is 6.92 Å². The van der Waals surface area contributed by atoms with Crippen molar-refractivity contribution < 1.29 is 4.74 Å². The lowest BCUT2D eigenvalue weighted by Crippen LogP contribution is -2.25. The van der Waals surface area contributed by atoms with E-state index < -0.39 is 0 Å². The highest BCUT2D eigenvalue weighted by molar-refractivity contribution is 9.09. The van der Waals surface area contributed by atoms with Crippen molar-refractivity contribution in [1.82, 2.24) is 9.97 Å². The summed E-state index contributed by atoms with van der Waals surface area (Å²) in [7, 11) is 1.59. The van der Waals surface area contributed by atoms with Gasteiger partial charge in [-0.3, -0.25) is 4.98 Å². The molecule has 0 aromatic carbocycles. The maximum Gasteiger partial charge on any atom is 0.233 e. The van der Waals surface area contributed by atoms with Crippen LogP contribution in [0.15, 0.2) is 12.4 Å². The molecule has 0 N–H and O–H groups in total. The molecular weight excluding hydrogens is 246 g/mol. The summed E-state index contributed by atoms with van der Waals surface area (Å²) < 4.78 is 5.02. The van der Waals surface area contributed by atoms with Gasteiger partial charge in [-0.15, -0.1) is 0 Å². The van der Waals surface area contributed by atoms with Crippen molar-refractivity contribution in [2.24, 2.45) is 0 Å². The van der Waals surface area contributed by atoms with Gasteiger partial charge < -0.3 is 9.64 Å². The second kappa shape index (κ2) is 5.80. The first kappa shape index (κ1) is 11.2. The number of anilines is 1. The van der Waals surface area contributed by atoms with Crippen molar-refractivity contribution in [2.75, 3.05) is 30.4 Å². The van der Waals surface area contributed by atoms with Crippen LogP contribution < -0.4 is 9.64 Å². The van der Waals surface area contributed by atoms with Gasteiger partial charge in [-0.1, -0.05) is 15.9 Å². The number of ether oxygens (including phenoxy) is 1. The van der Waals surface area contributed by atoms with Crippen LogP contribution in [0.3, 0.4) is 0 Å². The van der Waals surface area contributed by atoms with E-state index >= 15 is 0 Å². The second-order valence-electron chi connectivity index (χ2n) is 2.69. The largest absolute Gasteiger partial charge is 0.480 e. The van der Waals surface area contributed by atoms with Gasteiger partial charge in [-0.05, 0) is 6.92 Å². The molecule has 0 saturated heterocycles. The van der Waals surface area contributed by atoms with Crippen LogP contribution in [0.4, 0.5) is 5.82 Å². The van der Waals surface area contributed by atoms with E-state index in [-0.39, 0.29) is 0 Å². The lowest BCUT2D eigenvalue weighted by Gasteiger charge is -2.20. The zero-order valence-electron chi connectivity index (χ0n) is 8.40. The van der Waals surface area contributed by atoms with E-state index in [4.69, 9.17) is 4.74 Å². The van der Waals surface area contributed by atoms with Gasteiger partial charge in [0.25, 0.3) is 0 Å².